The van der Waals surface area contributed by atoms with Gasteiger partial charge in [0.1, 0.15) is 5.82 Å². The fourth-order valence-corrected chi connectivity index (χ4v) is 2.63. The van der Waals surface area contributed by atoms with E-state index in [1.807, 2.05) is 12.1 Å². The third-order valence-electron chi connectivity index (χ3n) is 3.83. The second kappa shape index (κ2) is 6.06. The highest BCUT2D eigenvalue weighted by Crippen LogP contribution is 2.28. The molecule has 1 unspecified atom stereocenters. The highest BCUT2D eigenvalue weighted by atomic mass is 16.3. The molecule has 3 N–H and O–H groups in total. The average molecular weight is 289 g/mol. The van der Waals surface area contributed by atoms with Gasteiger partial charge in [0, 0.05) is 24.3 Å². The molecule has 0 saturated carbocycles. The van der Waals surface area contributed by atoms with Crippen molar-refractivity contribution in [1.82, 2.24) is 9.55 Å². The van der Waals surface area contributed by atoms with E-state index in [1.165, 1.54) is 0 Å². The number of fused-ring (bicyclic) bond motifs is 1. The maximum absolute atomic E-state index is 9.15. The maximum Gasteiger partial charge on any atom is 0.115 e. The Morgan fingerprint density at radius 1 is 1.33 bits per heavy atom. The quantitative estimate of drug-likeness (QED) is 0.830. The lowest BCUT2D eigenvalue weighted by atomic mass is 9.95. The molecule has 0 aliphatic rings. The van der Waals surface area contributed by atoms with Gasteiger partial charge in [-0.15, -0.1) is 0 Å². The normalized spacial score (nSPS) is 13.8. The van der Waals surface area contributed by atoms with Crippen LogP contribution in [0, 0.1) is 5.92 Å². The Labute approximate surface area is 127 Å². The second-order valence-electron chi connectivity index (χ2n) is 7.02. The zero-order chi connectivity index (χ0) is 15.6. The summed E-state index contributed by atoms with van der Waals surface area (Å²) in [5, 5.41) is 9.15. The summed E-state index contributed by atoms with van der Waals surface area (Å²) in [5.41, 5.74) is 8.73. The molecule has 1 aromatic heterocycles. The molecular formula is C17H27N3O. The lowest BCUT2D eigenvalue weighted by Gasteiger charge is -2.20. The van der Waals surface area contributed by atoms with Crippen molar-refractivity contribution in [2.45, 2.75) is 52.5 Å². The van der Waals surface area contributed by atoms with E-state index in [2.05, 4.69) is 38.3 Å². The van der Waals surface area contributed by atoms with Crippen LogP contribution >= 0.6 is 0 Å². The lowest BCUT2D eigenvalue weighted by Crippen LogP contribution is -2.19. The van der Waals surface area contributed by atoms with Crippen molar-refractivity contribution in [2.24, 2.45) is 5.92 Å². The zero-order valence-electron chi connectivity index (χ0n) is 13.6. The Hall–Kier alpha value is -1.55. The van der Waals surface area contributed by atoms with E-state index in [1.54, 1.807) is 0 Å². The van der Waals surface area contributed by atoms with Crippen LogP contribution in [0.15, 0.2) is 18.2 Å². The van der Waals surface area contributed by atoms with Crippen molar-refractivity contribution in [2.75, 3.05) is 12.3 Å². The molecule has 4 nitrogen and oxygen atoms in total. The average Bonchev–Trinajstić information content (AvgIpc) is 2.76. The van der Waals surface area contributed by atoms with Crippen LogP contribution in [0.5, 0.6) is 0 Å². The fourth-order valence-electron chi connectivity index (χ4n) is 2.63. The van der Waals surface area contributed by atoms with Crippen LogP contribution in [0.2, 0.25) is 0 Å². The van der Waals surface area contributed by atoms with E-state index in [0.29, 0.717) is 5.92 Å². The Balaban J connectivity index is 2.34. The minimum absolute atomic E-state index is 0.00359. The van der Waals surface area contributed by atoms with E-state index in [0.717, 1.165) is 41.9 Å². The number of aromatic nitrogens is 2. The van der Waals surface area contributed by atoms with Gasteiger partial charge in [-0.1, -0.05) is 27.7 Å². The van der Waals surface area contributed by atoms with E-state index >= 15 is 0 Å². The Kier molecular flexibility index (Phi) is 4.57. The number of aliphatic hydroxyl groups is 1. The van der Waals surface area contributed by atoms with Crippen molar-refractivity contribution >= 4 is 16.7 Å². The van der Waals surface area contributed by atoms with Gasteiger partial charge in [0.25, 0.3) is 0 Å². The number of nitrogens with two attached hydrogens (primary N) is 1. The van der Waals surface area contributed by atoms with Crippen molar-refractivity contribution in [3.8, 4) is 0 Å². The number of nitrogens with zero attached hydrogens (tertiary/aromatic N) is 2. The number of anilines is 1. The van der Waals surface area contributed by atoms with Gasteiger partial charge in [-0.05, 0) is 37.0 Å². The van der Waals surface area contributed by atoms with Crippen LogP contribution in [0.4, 0.5) is 5.69 Å². The molecule has 1 atom stereocenters. The standard InChI is InChI=1S/C17H27N3O/c1-12(11-21)6-5-9-20-15-8-7-13(18)10-14(15)19-16(20)17(2,3)4/h7-8,10,12,21H,5-6,9,11,18H2,1-4H3. The zero-order valence-corrected chi connectivity index (χ0v) is 13.6. The lowest BCUT2D eigenvalue weighted by molar-refractivity contribution is 0.226. The number of imidazole rings is 1. The van der Waals surface area contributed by atoms with E-state index < -0.39 is 0 Å². The number of hydrogen-bond acceptors (Lipinski definition) is 3. The minimum atomic E-state index is -0.00359. The largest absolute Gasteiger partial charge is 0.399 e. The van der Waals surface area contributed by atoms with Gasteiger partial charge < -0.3 is 15.4 Å². The molecule has 0 aliphatic heterocycles. The molecule has 1 heterocycles. The van der Waals surface area contributed by atoms with Crippen LogP contribution < -0.4 is 5.73 Å². The summed E-state index contributed by atoms with van der Waals surface area (Å²) in [6.45, 7) is 9.82. The van der Waals surface area contributed by atoms with Gasteiger partial charge in [0.2, 0.25) is 0 Å². The number of rotatable bonds is 5. The van der Waals surface area contributed by atoms with Gasteiger partial charge in [0.15, 0.2) is 0 Å². The fraction of sp³-hybridized carbons (Fsp3) is 0.588. The first kappa shape index (κ1) is 15.8. The maximum atomic E-state index is 9.15. The van der Waals surface area contributed by atoms with E-state index in [4.69, 9.17) is 15.8 Å². The molecule has 116 valence electrons. The number of benzene rings is 1. The van der Waals surface area contributed by atoms with Crippen molar-refractivity contribution < 1.29 is 5.11 Å². The summed E-state index contributed by atoms with van der Waals surface area (Å²) in [7, 11) is 0. The number of nitrogen functional groups attached to an aromatic ring is 1. The molecule has 4 heteroatoms. The van der Waals surface area contributed by atoms with Crippen LogP contribution in [-0.2, 0) is 12.0 Å². The summed E-state index contributed by atoms with van der Waals surface area (Å²) in [4.78, 5) is 4.80. The van der Waals surface area contributed by atoms with Crippen LogP contribution in [0.25, 0.3) is 11.0 Å². The molecule has 0 radical (unpaired) electrons. The Morgan fingerprint density at radius 2 is 2.05 bits per heavy atom. The molecule has 0 fully saturated rings. The molecule has 0 saturated heterocycles. The summed E-state index contributed by atoms with van der Waals surface area (Å²) >= 11 is 0. The molecule has 1 aromatic carbocycles. The molecule has 0 bridgehead atoms. The highest BCUT2D eigenvalue weighted by molar-refractivity contribution is 5.79. The van der Waals surface area contributed by atoms with Crippen molar-refractivity contribution in [3.05, 3.63) is 24.0 Å². The molecule has 0 amide bonds. The van der Waals surface area contributed by atoms with E-state index in [-0.39, 0.29) is 12.0 Å². The predicted molar refractivity (Wildman–Crippen MR) is 88.3 cm³/mol. The van der Waals surface area contributed by atoms with Gasteiger partial charge in [-0.25, -0.2) is 4.98 Å². The number of hydrogen-bond donors (Lipinski definition) is 2. The molecule has 0 aliphatic carbocycles. The molecule has 0 spiro atoms. The van der Waals surface area contributed by atoms with Crippen molar-refractivity contribution in [3.63, 3.8) is 0 Å². The van der Waals surface area contributed by atoms with Gasteiger partial charge in [0.05, 0.1) is 11.0 Å². The van der Waals surface area contributed by atoms with Crippen LogP contribution in [0.3, 0.4) is 0 Å². The number of aryl methyl sites for hydroxylation is 1. The van der Waals surface area contributed by atoms with Crippen LogP contribution in [-0.4, -0.2) is 21.3 Å². The van der Waals surface area contributed by atoms with Crippen LogP contribution in [0.1, 0.15) is 46.4 Å². The third-order valence-corrected chi connectivity index (χ3v) is 3.83. The monoisotopic (exact) mass is 289 g/mol. The molecular weight excluding hydrogens is 262 g/mol. The topological polar surface area (TPSA) is 64.1 Å². The van der Waals surface area contributed by atoms with Gasteiger partial charge in [-0.3, -0.25) is 0 Å². The molecule has 2 rings (SSSR count). The predicted octanol–water partition coefficient (Wildman–Crippen LogP) is 3.32. The highest BCUT2D eigenvalue weighted by Gasteiger charge is 2.22. The SMILES string of the molecule is CC(CO)CCCn1c(C(C)(C)C)nc2cc(N)ccc21. The first-order valence-electron chi connectivity index (χ1n) is 7.70. The smallest absolute Gasteiger partial charge is 0.115 e. The number of aliphatic hydroxyl groups excluding tert-OH is 1. The van der Waals surface area contributed by atoms with Crippen molar-refractivity contribution in [1.29, 1.82) is 0 Å². The van der Waals surface area contributed by atoms with Gasteiger partial charge in [-0.2, -0.15) is 0 Å². The summed E-state index contributed by atoms with van der Waals surface area (Å²) in [6, 6.07) is 5.93. The summed E-state index contributed by atoms with van der Waals surface area (Å²) in [6.07, 6.45) is 2.06. The third kappa shape index (κ3) is 3.56. The Bertz CT molecular complexity index is 610. The summed E-state index contributed by atoms with van der Waals surface area (Å²) in [5.74, 6) is 1.45. The first-order chi connectivity index (χ1) is 9.82. The van der Waals surface area contributed by atoms with E-state index in [9.17, 15) is 0 Å². The second-order valence-corrected chi connectivity index (χ2v) is 7.02. The summed E-state index contributed by atoms with van der Waals surface area (Å²) < 4.78 is 2.30. The molecule has 2 aromatic rings. The Morgan fingerprint density at radius 3 is 2.67 bits per heavy atom. The van der Waals surface area contributed by atoms with Gasteiger partial charge >= 0.3 is 0 Å². The molecule has 21 heavy (non-hydrogen) atoms. The minimum Gasteiger partial charge on any atom is -0.399 e. The first-order valence-corrected chi connectivity index (χ1v) is 7.70.